The molecule has 0 radical (unpaired) electrons. The monoisotopic (exact) mass is 417 g/mol. The molecule has 1 amide bonds. The second kappa shape index (κ2) is 7.69. The number of rotatable bonds is 4. The van der Waals surface area contributed by atoms with Gasteiger partial charge in [0.1, 0.15) is 11.5 Å². The summed E-state index contributed by atoms with van der Waals surface area (Å²) in [7, 11) is 1.63. The number of carbonyl (C=O) groups excluding carboxylic acids is 1. The number of hydrogen-bond acceptors (Lipinski definition) is 4. The van der Waals surface area contributed by atoms with Crippen molar-refractivity contribution in [3.63, 3.8) is 0 Å². The van der Waals surface area contributed by atoms with Gasteiger partial charge in [0.25, 0.3) is 5.91 Å². The van der Waals surface area contributed by atoms with Crippen molar-refractivity contribution < 1.29 is 14.3 Å². The third-order valence-electron chi connectivity index (χ3n) is 6.42. The van der Waals surface area contributed by atoms with Crippen molar-refractivity contribution in [3.8, 4) is 17.2 Å². The van der Waals surface area contributed by atoms with Crippen LogP contribution in [0.2, 0.25) is 0 Å². The molecule has 0 saturated carbocycles. The number of piperidine rings is 1. The minimum Gasteiger partial charge on any atom is -0.497 e. The van der Waals surface area contributed by atoms with Gasteiger partial charge in [-0.05, 0) is 73.9 Å². The SMILES string of the molecule is COc1ccc(OCC(=O)N2CCC3(CC2)Nc2cc(C)ccc2-n2cccc23)cc1. The van der Waals surface area contributed by atoms with Crippen LogP contribution in [0, 0.1) is 6.92 Å². The lowest BCUT2D eigenvalue weighted by molar-refractivity contribution is -0.134. The second-order valence-corrected chi connectivity index (χ2v) is 8.34. The molecule has 2 aromatic carbocycles. The molecule has 6 heteroatoms. The number of hydrogen-bond donors (Lipinski definition) is 1. The van der Waals surface area contributed by atoms with Gasteiger partial charge >= 0.3 is 0 Å². The summed E-state index contributed by atoms with van der Waals surface area (Å²) in [5.74, 6) is 1.45. The number of amides is 1. The Labute approximate surface area is 182 Å². The predicted molar refractivity (Wildman–Crippen MR) is 120 cm³/mol. The number of methoxy groups -OCH3 is 1. The van der Waals surface area contributed by atoms with Gasteiger partial charge < -0.3 is 24.3 Å². The topological polar surface area (TPSA) is 55.7 Å². The zero-order chi connectivity index (χ0) is 21.4. The van der Waals surface area contributed by atoms with Crippen LogP contribution in [0.5, 0.6) is 11.5 Å². The van der Waals surface area contributed by atoms with Crippen molar-refractivity contribution in [2.45, 2.75) is 25.3 Å². The summed E-state index contributed by atoms with van der Waals surface area (Å²) in [6.45, 7) is 3.56. The van der Waals surface area contributed by atoms with Gasteiger partial charge in [-0.2, -0.15) is 0 Å². The Morgan fingerprint density at radius 1 is 1.06 bits per heavy atom. The molecule has 31 heavy (non-hydrogen) atoms. The normalized spacial score (nSPS) is 16.3. The first kappa shape index (κ1) is 19.5. The number of anilines is 1. The average Bonchev–Trinajstić information content (AvgIpc) is 3.29. The van der Waals surface area contributed by atoms with E-state index in [1.54, 1.807) is 7.11 Å². The van der Waals surface area contributed by atoms with Crippen molar-refractivity contribution in [3.05, 3.63) is 72.1 Å². The predicted octanol–water partition coefficient (Wildman–Crippen LogP) is 4.12. The number of benzene rings is 2. The number of carbonyl (C=O) groups is 1. The molecule has 1 saturated heterocycles. The molecular weight excluding hydrogens is 390 g/mol. The van der Waals surface area contributed by atoms with E-state index in [9.17, 15) is 4.79 Å². The summed E-state index contributed by atoms with van der Waals surface area (Å²) >= 11 is 0. The first-order valence-corrected chi connectivity index (χ1v) is 10.7. The molecule has 3 aromatic rings. The summed E-state index contributed by atoms with van der Waals surface area (Å²) < 4.78 is 13.1. The van der Waals surface area contributed by atoms with Crippen LogP contribution in [0.15, 0.2) is 60.8 Å². The fraction of sp³-hybridized carbons (Fsp3) is 0.320. The van der Waals surface area contributed by atoms with E-state index in [1.807, 2.05) is 29.2 Å². The van der Waals surface area contributed by atoms with Crippen LogP contribution >= 0.6 is 0 Å². The van der Waals surface area contributed by atoms with E-state index < -0.39 is 0 Å². The number of ether oxygens (including phenoxy) is 2. The maximum Gasteiger partial charge on any atom is 0.260 e. The molecule has 2 aliphatic rings. The first-order chi connectivity index (χ1) is 15.1. The Morgan fingerprint density at radius 3 is 2.55 bits per heavy atom. The summed E-state index contributed by atoms with van der Waals surface area (Å²) in [4.78, 5) is 14.7. The van der Waals surface area contributed by atoms with Crippen LogP contribution in [0.4, 0.5) is 5.69 Å². The molecule has 0 aliphatic carbocycles. The molecule has 2 aliphatic heterocycles. The van der Waals surface area contributed by atoms with Crippen LogP contribution in [0.25, 0.3) is 5.69 Å². The molecule has 6 nitrogen and oxygen atoms in total. The molecular formula is C25H27N3O3. The van der Waals surface area contributed by atoms with Crippen molar-refractivity contribution in [1.82, 2.24) is 9.47 Å². The highest BCUT2D eigenvalue weighted by atomic mass is 16.5. The minimum atomic E-state index is -0.155. The second-order valence-electron chi connectivity index (χ2n) is 8.34. The van der Waals surface area contributed by atoms with Gasteiger partial charge in [0.05, 0.1) is 24.0 Å². The fourth-order valence-electron chi connectivity index (χ4n) is 4.69. The number of nitrogens with one attached hydrogen (secondary N) is 1. The van der Waals surface area contributed by atoms with Crippen molar-refractivity contribution >= 4 is 11.6 Å². The van der Waals surface area contributed by atoms with E-state index in [1.165, 1.54) is 16.9 Å². The van der Waals surface area contributed by atoms with Gasteiger partial charge in [0.15, 0.2) is 6.61 Å². The first-order valence-electron chi connectivity index (χ1n) is 10.7. The Kier molecular flexibility index (Phi) is 4.85. The zero-order valence-corrected chi connectivity index (χ0v) is 17.9. The molecule has 0 atom stereocenters. The largest absolute Gasteiger partial charge is 0.497 e. The number of aryl methyl sites for hydroxylation is 1. The Hall–Kier alpha value is -3.41. The molecule has 5 rings (SSSR count). The number of fused-ring (bicyclic) bond motifs is 4. The maximum absolute atomic E-state index is 12.8. The molecule has 160 valence electrons. The maximum atomic E-state index is 12.8. The van der Waals surface area contributed by atoms with Crippen LogP contribution in [0.3, 0.4) is 0 Å². The summed E-state index contributed by atoms with van der Waals surface area (Å²) in [6.07, 6.45) is 3.85. The van der Waals surface area contributed by atoms with Gasteiger partial charge in [-0.15, -0.1) is 0 Å². The van der Waals surface area contributed by atoms with Gasteiger partial charge in [-0.25, -0.2) is 0 Å². The molecule has 3 heterocycles. The summed E-state index contributed by atoms with van der Waals surface area (Å²) in [5, 5.41) is 3.82. The molecule has 1 aromatic heterocycles. The average molecular weight is 418 g/mol. The highest BCUT2D eigenvalue weighted by molar-refractivity contribution is 5.78. The summed E-state index contributed by atoms with van der Waals surface area (Å²) in [5.41, 5.74) is 4.69. The van der Waals surface area contributed by atoms with Crippen molar-refractivity contribution in [2.75, 3.05) is 32.1 Å². The lowest BCUT2D eigenvalue weighted by atomic mass is 9.82. The molecule has 0 unspecified atom stereocenters. The molecule has 1 spiro atoms. The van der Waals surface area contributed by atoms with Crippen LogP contribution in [-0.4, -0.2) is 42.2 Å². The van der Waals surface area contributed by atoms with Crippen LogP contribution in [0.1, 0.15) is 24.1 Å². The highest BCUT2D eigenvalue weighted by Crippen LogP contribution is 2.43. The molecule has 1 fully saturated rings. The molecule has 1 N–H and O–H groups in total. The highest BCUT2D eigenvalue weighted by Gasteiger charge is 2.42. The molecule has 0 bridgehead atoms. The van der Waals surface area contributed by atoms with E-state index >= 15 is 0 Å². The van der Waals surface area contributed by atoms with E-state index in [2.05, 4.69) is 53.3 Å². The van der Waals surface area contributed by atoms with E-state index in [0.29, 0.717) is 18.8 Å². The van der Waals surface area contributed by atoms with Crippen molar-refractivity contribution in [2.24, 2.45) is 0 Å². The quantitative estimate of drug-likeness (QED) is 0.694. The standard InChI is InChI=1S/C25H27N3O3/c1-18-5-10-22-21(16-18)26-25(23-4-3-13-28(22)23)11-14-27(15-12-25)24(29)17-31-20-8-6-19(30-2)7-9-20/h3-10,13,16,26H,11-12,14-15,17H2,1-2H3. The van der Waals surface area contributed by atoms with Gasteiger partial charge in [-0.3, -0.25) is 4.79 Å². The smallest absolute Gasteiger partial charge is 0.260 e. The van der Waals surface area contributed by atoms with E-state index in [-0.39, 0.29) is 18.1 Å². The van der Waals surface area contributed by atoms with Gasteiger partial charge in [0, 0.05) is 25.0 Å². The zero-order valence-electron chi connectivity index (χ0n) is 17.9. The van der Waals surface area contributed by atoms with Crippen LogP contribution in [-0.2, 0) is 10.3 Å². The van der Waals surface area contributed by atoms with Gasteiger partial charge in [0.2, 0.25) is 0 Å². The fourth-order valence-corrected chi connectivity index (χ4v) is 4.69. The lowest BCUT2D eigenvalue weighted by Gasteiger charge is -2.46. The van der Waals surface area contributed by atoms with Gasteiger partial charge in [-0.1, -0.05) is 6.07 Å². The Balaban J connectivity index is 1.26. The lowest BCUT2D eigenvalue weighted by Crippen LogP contribution is -2.51. The minimum absolute atomic E-state index is 0.0214. The van der Waals surface area contributed by atoms with Crippen LogP contribution < -0.4 is 14.8 Å². The Morgan fingerprint density at radius 2 is 1.81 bits per heavy atom. The van der Waals surface area contributed by atoms with E-state index in [4.69, 9.17) is 9.47 Å². The Bertz CT molecular complexity index is 1100. The number of nitrogens with zero attached hydrogens (tertiary/aromatic N) is 2. The third-order valence-corrected chi connectivity index (χ3v) is 6.42. The summed E-state index contributed by atoms with van der Waals surface area (Å²) in [6, 6.07) is 18.1. The number of likely N-dealkylation sites (tertiary alicyclic amines) is 1. The third kappa shape index (κ3) is 3.52. The van der Waals surface area contributed by atoms with Crippen molar-refractivity contribution in [1.29, 1.82) is 0 Å². The number of aromatic nitrogens is 1. The van der Waals surface area contributed by atoms with E-state index in [0.717, 1.165) is 24.3 Å².